The molecule has 0 aromatic carbocycles. The summed E-state index contributed by atoms with van der Waals surface area (Å²) in [6, 6.07) is 0.944. The molecule has 0 aromatic rings. The fourth-order valence-electron chi connectivity index (χ4n) is 1.67. The Balaban J connectivity index is 2.35. The summed E-state index contributed by atoms with van der Waals surface area (Å²) < 4.78 is 0. The number of fused-ring (bicyclic) bond motifs is 2. The van der Waals surface area contributed by atoms with Crippen LogP contribution in [0.2, 0.25) is 0 Å². The molecule has 2 aliphatic rings. The van der Waals surface area contributed by atoms with Crippen LogP contribution in [0.15, 0.2) is 21.9 Å². The Bertz CT molecular complexity index is 165. The first-order valence-electron chi connectivity index (χ1n) is 3.48. The fourth-order valence-corrected chi connectivity index (χ4v) is 1.67. The molecule has 48 valence electrons. The summed E-state index contributed by atoms with van der Waals surface area (Å²) in [5.74, 6) is 0. The Morgan fingerprint density at radius 3 is 2.11 bits per heavy atom. The molecule has 0 spiro atoms. The first-order valence-corrected chi connectivity index (χ1v) is 3.48. The topological polar surface area (TPSA) is 24.7 Å². The Morgan fingerprint density at radius 2 is 1.89 bits per heavy atom. The van der Waals surface area contributed by atoms with Gasteiger partial charge in [-0.1, -0.05) is 6.08 Å². The van der Waals surface area contributed by atoms with E-state index in [1.807, 2.05) is 0 Å². The molecule has 0 amide bonds. The van der Waals surface area contributed by atoms with Crippen LogP contribution in [0.1, 0.15) is 19.8 Å². The molecule has 9 heavy (non-hydrogen) atoms. The van der Waals surface area contributed by atoms with E-state index in [2.05, 4.69) is 23.2 Å². The Kier molecular flexibility index (Phi) is 0.949. The van der Waals surface area contributed by atoms with E-state index in [0.29, 0.717) is 12.1 Å². The Labute approximate surface area is 54.7 Å². The highest BCUT2D eigenvalue weighted by Gasteiger charge is 2.34. The van der Waals surface area contributed by atoms with Crippen LogP contribution in [0.4, 0.5) is 0 Å². The van der Waals surface area contributed by atoms with Gasteiger partial charge in [-0.3, -0.25) is 0 Å². The zero-order valence-electron chi connectivity index (χ0n) is 5.54. The molecular weight excluding hydrogens is 112 g/mol. The second-order valence-electron chi connectivity index (χ2n) is 2.63. The molecule has 2 unspecified atom stereocenters. The number of azo groups is 1. The Morgan fingerprint density at radius 1 is 1.33 bits per heavy atom. The number of hydrogen-bond donors (Lipinski definition) is 0. The molecule has 1 heterocycles. The maximum atomic E-state index is 4.11. The van der Waals surface area contributed by atoms with Crippen LogP contribution in [0, 0.1) is 0 Å². The largest absolute Gasteiger partial charge is 0.186 e. The van der Waals surface area contributed by atoms with Crippen LogP contribution in [0.3, 0.4) is 0 Å². The van der Waals surface area contributed by atoms with E-state index in [0.717, 1.165) is 0 Å². The average Bonchev–Trinajstić information content (AvgIpc) is 2.44. The van der Waals surface area contributed by atoms with Crippen molar-refractivity contribution >= 4 is 0 Å². The second-order valence-corrected chi connectivity index (χ2v) is 2.63. The van der Waals surface area contributed by atoms with Crippen molar-refractivity contribution < 1.29 is 0 Å². The van der Waals surface area contributed by atoms with E-state index in [4.69, 9.17) is 0 Å². The highest BCUT2D eigenvalue weighted by atomic mass is 15.2. The minimum absolute atomic E-state index is 0.472. The molecular formula is C7H10N2. The number of allylic oxidation sites excluding steroid dienone is 1. The van der Waals surface area contributed by atoms with Crippen molar-refractivity contribution in [2.45, 2.75) is 31.8 Å². The molecule has 2 nitrogen and oxygen atoms in total. The smallest absolute Gasteiger partial charge is 0.0940 e. The Hall–Kier alpha value is -0.660. The van der Waals surface area contributed by atoms with Gasteiger partial charge < -0.3 is 0 Å². The summed E-state index contributed by atoms with van der Waals surface area (Å²) in [7, 11) is 0. The quantitative estimate of drug-likeness (QED) is 0.438. The van der Waals surface area contributed by atoms with Gasteiger partial charge in [0.2, 0.25) is 0 Å². The molecule has 2 heteroatoms. The number of rotatable bonds is 0. The summed E-state index contributed by atoms with van der Waals surface area (Å²) in [6.45, 7) is 2.08. The monoisotopic (exact) mass is 122 g/mol. The lowest BCUT2D eigenvalue weighted by Crippen LogP contribution is -1.97. The molecule has 2 bridgehead atoms. The molecule has 1 fully saturated rings. The predicted molar refractivity (Wildman–Crippen MR) is 35.4 cm³/mol. The minimum atomic E-state index is 0.472. The van der Waals surface area contributed by atoms with E-state index >= 15 is 0 Å². The molecule has 0 aromatic heterocycles. The minimum Gasteiger partial charge on any atom is -0.186 e. The summed E-state index contributed by atoms with van der Waals surface area (Å²) in [5.41, 5.74) is 1.45. The molecule has 2 rings (SSSR count). The van der Waals surface area contributed by atoms with E-state index in [1.54, 1.807) is 0 Å². The van der Waals surface area contributed by atoms with Crippen molar-refractivity contribution in [3.05, 3.63) is 11.6 Å². The maximum absolute atomic E-state index is 4.11. The van der Waals surface area contributed by atoms with Crippen LogP contribution in [-0.2, 0) is 0 Å². The van der Waals surface area contributed by atoms with E-state index < -0.39 is 0 Å². The third kappa shape index (κ3) is 0.560. The summed E-state index contributed by atoms with van der Waals surface area (Å²) in [5, 5.41) is 8.23. The van der Waals surface area contributed by atoms with Gasteiger partial charge in [-0.05, 0) is 25.3 Å². The van der Waals surface area contributed by atoms with Gasteiger partial charge in [0.15, 0.2) is 0 Å². The van der Waals surface area contributed by atoms with Crippen molar-refractivity contribution in [2.24, 2.45) is 10.2 Å². The summed E-state index contributed by atoms with van der Waals surface area (Å²) in [4.78, 5) is 0. The van der Waals surface area contributed by atoms with Crippen LogP contribution in [0.25, 0.3) is 0 Å². The van der Waals surface area contributed by atoms with Crippen LogP contribution in [-0.4, -0.2) is 12.1 Å². The average molecular weight is 122 g/mol. The van der Waals surface area contributed by atoms with Gasteiger partial charge in [-0.2, -0.15) is 10.2 Å². The van der Waals surface area contributed by atoms with Crippen molar-refractivity contribution in [3.8, 4) is 0 Å². The predicted octanol–water partition coefficient (Wildman–Crippen LogP) is 1.93. The molecule has 1 saturated carbocycles. The normalized spacial score (nSPS) is 38.1. The first-order chi connectivity index (χ1) is 4.42. The van der Waals surface area contributed by atoms with Gasteiger partial charge in [-0.25, -0.2) is 0 Å². The lowest BCUT2D eigenvalue weighted by molar-refractivity contribution is 0.643. The SMILES string of the molecule is CC=C1C2CCC1N=N2. The fraction of sp³-hybridized carbons (Fsp3) is 0.714. The first kappa shape index (κ1) is 5.15. The third-order valence-corrected chi connectivity index (χ3v) is 2.16. The molecule has 0 N–H and O–H groups in total. The van der Waals surface area contributed by atoms with E-state index in [-0.39, 0.29) is 0 Å². The van der Waals surface area contributed by atoms with Crippen LogP contribution >= 0.6 is 0 Å². The molecule has 0 radical (unpaired) electrons. The zero-order chi connectivity index (χ0) is 6.27. The van der Waals surface area contributed by atoms with Crippen LogP contribution in [0.5, 0.6) is 0 Å². The molecule has 2 atom stereocenters. The van der Waals surface area contributed by atoms with Crippen molar-refractivity contribution in [1.29, 1.82) is 0 Å². The number of hydrogen-bond acceptors (Lipinski definition) is 2. The van der Waals surface area contributed by atoms with Crippen molar-refractivity contribution in [2.75, 3.05) is 0 Å². The maximum Gasteiger partial charge on any atom is 0.0940 e. The molecule has 1 aliphatic heterocycles. The molecule has 1 aliphatic carbocycles. The highest BCUT2D eigenvalue weighted by Crippen LogP contribution is 2.36. The van der Waals surface area contributed by atoms with Gasteiger partial charge in [0, 0.05) is 0 Å². The zero-order valence-corrected chi connectivity index (χ0v) is 5.54. The third-order valence-electron chi connectivity index (χ3n) is 2.16. The van der Waals surface area contributed by atoms with Gasteiger partial charge in [0.25, 0.3) is 0 Å². The van der Waals surface area contributed by atoms with E-state index in [9.17, 15) is 0 Å². The lowest BCUT2D eigenvalue weighted by atomic mass is 10.1. The van der Waals surface area contributed by atoms with Gasteiger partial charge in [0.05, 0.1) is 12.1 Å². The summed E-state index contributed by atoms with van der Waals surface area (Å²) >= 11 is 0. The lowest BCUT2D eigenvalue weighted by Gasteiger charge is -1.94. The van der Waals surface area contributed by atoms with Gasteiger partial charge in [-0.15, -0.1) is 0 Å². The van der Waals surface area contributed by atoms with E-state index in [1.165, 1.54) is 18.4 Å². The number of nitrogens with zero attached hydrogens (tertiary/aromatic N) is 2. The van der Waals surface area contributed by atoms with Crippen molar-refractivity contribution in [1.82, 2.24) is 0 Å². The molecule has 0 saturated heterocycles. The standard InChI is InChI=1S/C7H10N2/c1-2-5-6-3-4-7(5)9-8-6/h2,6-7H,3-4H2,1H3. The second kappa shape index (κ2) is 1.66. The van der Waals surface area contributed by atoms with Gasteiger partial charge >= 0.3 is 0 Å². The van der Waals surface area contributed by atoms with Gasteiger partial charge in [0.1, 0.15) is 0 Å². The highest BCUT2D eigenvalue weighted by molar-refractivity contribution is 5.25. The van der Waals surface area contributed by atoms with Crippen molar-refractivity contribution in [3.63, 3.8) is 0 Å². The van der Waals surface area contributed by atoms with Crippen LogP contribution < -0.4 is 0 Å². The summed E-state index contributed by atoms with van der Waals surface area (Å²) in [6.07, 6.45) is 4.63.